The highest BCUT2D eigenvalue weighted by Gasteiger charge is 2.05. The Morgan fingerprint density at radius 3 is 2.89 bits per heavy atom. The van der Waals surface area contributed by atoms with Crippen LogP contribution < -0.4 is 5.73 Å². The number of nitrogens with zero attached hydrogens (tertiary/aromatic N) is 3. The molecule has 92 valence electrons. The molecule has 3 rings (SSSR count). The molecule has 0 bridgehead atoms. The molecular formula is C13H9N5S. The number of nitriles is 1. The Kier molecular flexibility index (Phi) is 2.82. The second-order valence-corrected chi connectivity index (χ2v) is 4.93. The summed E-state index contributed by atoms with van der Waals surface area (Å²) in [6.45, 7) is 0. The van der Waals surface area contributed by atoms with E-state index in [1.54, 1.807) is 18.3 Å². The van der Waals surface area contributed by atoms with Gasteiger partial charge in [-0.25, -0.2) is 9.97 Å². The molecule has 0 fully saturated rings. The molecule has 0 spiro atoms. The van der Waals surface area contributed by atoms with Gasteiger partial charge in [-0.1, -0.05) is 0 Å². The van der Waals surface area contributed by atoms with Gasteiger partial charge in [0.1, 0.15) is 11.1 Å². The van der Waals surface area contributed by atoms with Gasteiger partial charge in [0.25, 0.3) is 0 Å². The zero-order valence-electron chi connectivity index (χ0n) is 9.79. The fourth-order valence-corrected chi connectivity index (χ4v) is 2.40. The van der Waals surface area contributed by atoms with E-state index in [1.165, 1.54) is 11.8 Å². The number of rotatable bonds is 2. The van der Waals surface area contributed by atoms with Crippen LogP contribution in [-0.2, 0) is 0 Å². The molecule has 0 amide bonds. The molecule has 2 heterocycles. The largest absolute Gasteiger partial charge is 0.399 e. The van der Waals surface area contributed by atoms with Crippen LogP contribution in [0.25, 0.3) is 11.0 Å². The summed E-state index contributed by atoms with van der Waals surface area (Å²) in [6.07, 6.45) is 1.54. The van der Waals surface area contributed by atoms with Crippen molar-refractivity contribution in [3.8, 4) is 6.07 Å². The van der Waals surface area contributed by atoms with Gasteiger partial charge in [-0.3, -0.25) is 0 Å². The van der Waals surface area contributed by atoms with E-state index in [-0.39, 0.29) is 0 Å². The summed E-state index contributed by atoms with van der Waals surface area (Å²) in [4.78, 5) is 11.8. The fourth-order valence-electron chi connectivity index (χ4n) is 1.66. The van der Waals surface area contributed by atoms with Crippen molar-refractivity contribution < 1.29 is 0 Å². The lowest BCUT2D eigenvalue weighted by molar-refractivity contribution is 1.05. The van der Waals surface area contributed by atoms with Crippen LogP contribution in [0.2, 0.25) is 0 Å². The molecule has 6 heteroatoms. The van der Waals surface area contributed by atoms with Crippen LogP contribution in [0.4, 0.5) is 5.69 Å². The topological polar surface area (TPSA) is 91.4 Å². The minimum Gasteiger partial charge on any atom is -0.399 e. The average Bonchev–Trinajstić information content (AvgIpc) is 2.81. The number of H-pyrrole nitrogens is 1. The maximum Gasteiger partial charge on any atom is 0.172 e. The van der Waals surface area contributed by atoms with E-state index >= 15 is 0 Å². The predicted octanol–water partition coefficient (Wildman–Crippen LogP) is 2.56. The number of nitrogens with one attached hydrogen (secondary N) is 1. The first-order chi connectivity index (χ1) is 9.24. The maximum absolute atomic E-state index is 8.71. The molecular weight excluding hydrogens is 258 g/mol. The zero-order valence-corrected chi connectivity index (χ0v) is 10.6. The monoisotopic (exact) mass is 267 g/mol. The third kappa shape index (κ3) is 2.37. The quantitative estimate of drug-likeness (QED) is 0.696. The standard InChI is InChI=1S/C13H9N5S/c14-6-8-1-4-12(16-7-8)19-13-17-10-3-2-9(15)5-11(10)18-13/h1-5,7H,15H2,(H,17,18). The lowest BCUT2D eigenvalue weighted by Gasteiger charge is -1.95. The Hall–Kier alpha value is -2.52. The summed E-state index contributed by atoms with van der Waals surface area (Å²) in [5, 5.41) is 10.2. The van der Waals surface area contributed by atoms with Gasteiger partial charge in [0.2, 0.25) is 0 Å². The highest BCUT2D eigenvalue weighted by atomic mass is 32.2. The summed E-state index contributed by atoms with van der Waals surface area (Å²) in [6, 6.07) is 11.1. The number of benzene rings is 1. The van der Waals surface area contributed by atoms with Gasteiger partial charge in [0.15, 0.2) is 5.16 Å². The SMILES string of the molecule is N#Cc1ccc(Sc2nc3ccc(N)cc3[nH]2)nc1. The van der Waals surface area contributed by atoms with Crippen molar-refractivity contribution in [2.24, 2.45) is 0 Å². The van der Waals surface area contributed by atoms with Crippen LogP contribution in [0.1, 0.15) is 5.56 Å². The van der Waals surface area contributed by atoms with E-state index in [1.807, 2.05) is 24.3 Å². The van der Waals surface area contributed by atoms with Crippen LogP contribution in [0.15, 0.2) is 46.7 Å². The second kappa shape index (κ2) is 4.63. The lowest BCUT2D eigenvalue weighted by atomic mass is 10.3. The number of anilines is 1. The van der Waals surface area contributed by atoms with E-state index in [9.17, 15) is 0 Å². The van der Waals surface area contributed by atoms with E-state index in [4.69, 9.17) is 11.0 Å². The normalized spacial score (nSPS) is 10.5. The first-order valence-corrected chi connectivity index (χ1v) is 6.35. The molecule has 0 saturated heterocycles. The number of hydrogen-bond donors (Lipinski definition) is 2. The Labute approximate surface area is 113 Å². The number of aromatic nitrogens is 3. The van der Waals surface area contributed by atoms with Crippen LogP contribution in [-0.4, -0.2) is 15.0 Å². The maximum atomic E-state index is 8.71. The number of hydrogen-bond acceptors (Lipinski definition) is 5. The van der Waals surface area contributed by atoms with Crippen molar-refractivity contribution in [3.63, 3.8) is 0 Å². The highest BCUT2D eigenvalue weighted by molar-refractivity contribution is 7.99. The van der Waals surface area contributed by atoms with Crippen molar-refractivity contribution in [1.29, 1.82) is 5.26 Å². The molecule has 0 radical (unpaired) electrons. The van der Waals surface area contributed by atoms with E-state index < -0.39 is 0 Å². The van der Waals surface area contributed by atoms with Crippen molar-refractivity contribution in [2.75, 3.05) is 5.73 Å². The van der Waals surface area contributed by atoms with E-state index in [0.29, 0.717) is 11.3 Å². The summed E-state index contributed by atoms with van der Waals surface area (Å²) in [5.74, 6) is 0. The first kappa shape index (κ1) is 11.6. The number of imidazole rings is 1. The van der Waals surface area contributed by atoms with Gasteiger partial charge in [-0.15, -0.1) is 0 Å². The number of pyridine rings is 1. The van der Waals surface area contributed by atoms with Crippen LogP contribution >= 0.6 is 11.8 Å². The number of nitrogens with two attached hydrogens (primary N) is 1. The summed E-state index contributed by atoms with van der Waals surface area (Å²) >= 11 is 1.41. The Bertz CT molecular complexity index is 770. The van der Waals surface area contributed by atoms with Crippen molar-refractivity contribution in [1.82, 2.24) is 15.0 Å². The van der Waals surface area contributed by atoms with Crippen molar-refractivity contribution in [3.05, 3.63) is 42.1 Å². The zero-order chi connectivity index (χ0) is 13.2. The minimum absolute atomic E-state index is 0.543. The van der Waals surface area contributed by atoms with Crippen molar-refractivity contribution in [2.45, 2.75) is 10.2 Å². The predicted molar refractivity (Wildman–Crippen MR) is 73.6 cm³/mol. The molecule has 0 atom stereocenters. The van der Waals surface area contributed by atoms with E-state index in [2.05, 4.69) is 15.0 Å². The third-order valence-corrected chi connectivity index (χ3v) is 3.39. The molecule has 5 nitrogen and oxygen atoms in total. The lowest BCUT2D eigenvalue weighted by Crippen LogP contribution is -1.82. The minimum atomic E-state index is 0.543. The molecule has 0 aliphatic carbocycles. The molecule has 3 N–H and O–H groups in total. The van der Waals surface area contributed by atoms with Gasteiger partial charge in [0.05, 0.1) is 16.6 Å². The Balaban J connectivity index is 1.90. The van der Waals surface area contributed by atoms with Crippen LogP contribution in [0.5, 0.6) is 0 Å². The smallest absolute Gasteiger partial charge is 0.172 e. The van der Waals surface area contributed by atoms with Crippen LogP contribution in [0, 0.1) is 11.3 Å². The Morgan fingerprint density at radius 2 is 2.16 bits per heavy atom. The van der Waals surface area contributed by atoms with Crippen molar-refractivity contribution >= 4 is 28.5 Å². The average molecular weight is 267 g/mol. The Morgan fingerprint density at radius 1 is 1.26 bits per heavy atom. The van der Waals surface area contributed by atoms with Crippen LogP contribution in [0.3, 0.4) is 0 Å². The second-order valence-electron chi connectivity index (χ2n) is 3.92. The molecule has 2 aromatic heterocycles. The summed E-state index contributed by atoms with van der Waals surface area (Å²) in [5.41, 5.74) is 8.73. The van der Waals surface area contributed by atoms with Gasteiger partial charge in [0, 0.05) is 11.9 Å². The number of nitrogen functional groups attached to an aromatic ring is 1. The highest BCUT2D eigenvalue weighted by Crippen LogP contribution is 2.26. The number of fused-ring (bicyclic) bond motifs is 1. The third-order valence-electron chi connectivity index (χ3n) is 2.55. The van der Waals surface area contributed by atoms with E-state index in [0.717, 1.165) is 21.2 Å². The molecule has 3 aromatic rings. The molecule has 0 aliphatic heterocycles. The summed E-state index contributed by atoms with van der Waals surface area (Å²) < 4.78 is 0. The molecule has 0 unspecified atom stereocenters. The molecule has 0 aliphatic rings. The van der Waals surface area contributed by atoms with Gasteiger partial charge >= 0.3 is 0 Å². The van der Waals surface area contributed by atoms with Gasteiger partial charge < -0.3 is 10.7 Å². The molecule has 0 saturated carbocycles. The number of aromatic amines is 1. The van der Waals surface area contributed by atoms with Gasteiger partial charge in [-0.05, 0) is 42.1 Å². The first-order valence-electron chi connectivity index (χ1n) is 5.54. The fraction of sp³-hybridized carbons (Fsp3) is 0. The van der Waals surface area contributed by atoms with Gasteiger partial charge in [-0.2, -0.15) is 5.26 Å². The molecule has 19 heavy (non-hydrogen) atoms. The summed E-state index contributed by atoms with van der Waals surface area (Å²) in [7, 11) is 0. The molecule has 1 aromatic carbocycles.